The van der Waals surface area contributed by atoms with Gasteiger partial charge in [-0.3, -0.25) is 0 Å². The number of fused-ring (bicyclic) bond motifs is 4. The molecule has 3 aromatic carbocycles. The van der Waals surface area contributed by atoms with Gasteiger partial charge in [0.2, 0.25) is 0 Å². The number of hydrogen-bond acceptors (Lipinski definition) is 1. The SMILES string of the molecule is Clc1ccc2c(Cl)c3ccc4ccccc4c3nc2c1. The Morgan fingerprint density at radius 1 is 0.750 bits per heavy atom. The van der Waals surface area contributed by atoms with E-state index in [1.54, 1.807) is 0 Å². The van der Waals surface area contributed by atoms with Gasteiger partial charge in [0.25, 0.3) is 0 Å². The van der Waals surface area contributed by atoms with Crippen LogP contribution in [0.25, 0.3) is 32.6 Å². The van der Waals surface area contributed by atoms with Crippen molar-refractivity contribution >= 4 is 55.8 Å². The number of halogens is 2. The lowest BCUT2D eigenvalue weighted by molar-refractivity contribution is 1.51. The van der Waals surface area contributed by atoms with Gasteiger partial charge in [-0.05, 0) is 23.6 Å². The van der Waals surface area contributed by atoms with Crippen molar-refractivity contribution in [1.82, 2.24) is 4.98 Å². The number of rotatable bonds is 0. The Kier molecular flexibility index (Phi) is 2.59. The lowest BCUT2D eigenvalue weighted by Crippen LogP contribution is -1.86. The molecule has 1 nitrogen and oxygen atoms in total. The second-order valence-corrected chi connectivity index (χ2v) is 5.58. The van der Waals surface area contributed by atoms with Crippen molar-refractivity contribution in [3.8, 4) is 0 Å². The van der Waals surface area contributed by atoms with Crippen molar-refractivity contribution in [1.29, 1.82) is 0 Å². The van der Waals surface area contributed by atoms with E-state index in [2.05, 4.69) is 18.2 Å². The topological polar surface area (TPSA) is 12.9 Å². The summed E-state index contributed by atoms with van der Waals surface area (Å²) in [5.41, 5.74) is 1.74. The minimum atomic E-state index is 0.667. The van der Waals surface area contributed by atoms with E-state index in [4.69, 9.17) is 28.2 Å². The smallest absolute Gasteiger partial charge is 0.0803 e. The fraction of sp³-hybridized carbons (Fsp3) is 0. The molecule has 1 aromatic heterocycles. The second kappa shape index (κ2) is 4.34. The fourth-order valence-electron chi connectivity index (χ4n) is 2.60. The van der Waals surface area contributed by atoms with E-state index < -0.39 is 0 Å². The minimum Gasteiger partial charge on any atom is -0.247 e. The second-order valence-electron chi connectivity index (χ2n) is 4.77. The van der Waals surface area contributed by atoms with Gasteiger partial charge in [-0.1, -0.05) is 59.6 Å². The highest BCUT2D eigenvalue weighted by molar-refractivity contribution is 6.41. The number of pyridine rings is 1. The van der Waals surface area contributed by atoms with Crippen LogP contribution < -0.4 is 0 Å². The van der Waals surface area contributed by atoms with Crippen LogP contribution in [0.15, 0.2) is 54.6 Å². The third-order valence-electron chi connectivity index (χ3n) is 3.57. The van der Waals surface area contributed by atoms with Crippen molar-refractivity contribution in [3.05, 3.63) is 64.6 Å². The van der Waals surface area contributed by atoms with Crippen molar-refractivity contribution in [3.63, 3.8) is 0 Å². The van der Waals surface area contributed by atoms with E-state index in [9.17, 15) is 0 Å². The summed E-state index contributed by atoms with van der Waals surface area (Å²) in [4.78, 5) is 4.76. The van der Waals surface area contributed by atoms with E-state index in [1.807, 2.05) is 36.4 Å². The van der Waals surface area contributed by atoms with Gasteiger partial charge in [0.05, 0.1) is 16.1 Å². The highest BCUT2D eigenvalue weighted by atomic mass is 35.5. The van der Waals surface area contributed by atoms with Crippen LogP contribution in [0.3, 0.4) is 0 Å². The first-order valence-electron chi connectivity index (χ1n) is 6.30. The van der Waals surface area contributed by atoms with Crippen molar-refractivity contribution in [2.75, 3.05) is 0 Å². The lowest BCUT2D eigenvalue weighted by Gasteiger charge is -2.08. The van der Waals surface area contributed by atoms with Crippen LogP contribution >= 0.6 is 23.2 Å². The maximum atomic E-state index is 6.54. The summed E-state index contributed by atoms with van der Waals surface area (Å²) in [6.07, 6.45) is 0. The molecule has 0 aliphatic heterocycles. The van der Waals surface area contributed by atoms with Gasteiger partial charge in [0.1, 0.15) is 0 Å². The molecule has 4 aromatic rings. The fourth-order valence-corrected chi connectivity index (χ4v) is 3.08. The molecule has 0 atom stereocenters. The molecule has 96 valence electrons. The van der Waals surface area contributed by atoms with Crippen LogP contribution in [0.4, 0.5) is 0 Å². The van der Waals surface area contributed by atoms with Crippen LogP contribution in [0, 0.1) is 0 Å². The average molecular weight is 298 g/mol. The third kappa shape index (κ3) is 1.67. The van der Waals surface area contributed by atoms with Gasteiger partial charge < -0.3 is 0 Å². The predicted octanol–water partition coefficient (Wildman–Crippen LogP) is 5.85. The highest BCUT2D eigenvalue weighted by Gasteiger charge is 2.10. The molecular weight excluding hydrogens is 289 g/mol. The van der Waals surface area contributed by atoms with Gasteiger partial charge in [0.15, 0.2) is 0 Å². The number of benzene rings is 3. The molecule has 0 unspecified atom stereocenters. The van der Waals surface area contributed by atoms with E-state index in [0.29, 0.717) is 5.02 Å². The first-order chi connectivity index (χ1) is 9.74. The van der Waals surface area contributed by atoms with Crippen LogP contribution in [0.5, 0.6) is 0 Å². The van der Waals surface area contributed by atoms with Gasteiger partial charge in [0, 0.05) is 21.2 Å². The molecule has 0 saturated heterocycles. The number of aromatic nitrogens is 1. The van der Waals surface area contributed by atoms with E-state index >= 15 is 0 Å². The number of hydrogen-bond donors (Lipinski definition) is 0. The number of nitrogens with zero attached hydrogens (tertiary/aromatic N) is 1. The summed E-state index contributed by atoms with van der Waals surface area (Å²) in [6.45, 7) is 0. The molecule has 0 spiro atoms. The molecule has 0 bridgehead atoms. The molecule has 0 aliphatic rings. The normalized spacial score (nSPS) is 11.5. The van der Waals surface area contributed by atoms with Gasteiger partial charge in [-0.25, -0.2) is 4.98 Å². The Hall–Kier alpha value is -1.83. The van der Waals surface area contributed by atoms with Crippen molar-refractivity contribution in [2.24, 2.45) is 0 Å². The maximum absolute atomic E-state index is 6.54. The Balaban J connectivity index is 2.29. The lowest BCUT2D eigenvalue weighted by atomic mass is 10.0. The summed E-state index contributed by atoms with van der Waals surface area (Å²) in [5.74, 6) is 0. The predicted molar refractivity (Wildman–Crippen MR) is 86.8 cm³/mol. The average Bonchev–Trinajstić information content (AvgIpc) is 2.47. The molecule has 0 amide bonds. The molecule has 4 rings (SSSR count). The standard InChI is InChI=1S/C17H9Cl2N/c18-11-6-8-13-15(9-11)20-17-12-4-2-1-3-10(12)5-7-14(17)16(13)19/h1-9H. The maximum Gasteiger partial charge on any atom is 0.0803 e. The largest absolute Gasteiger partial charge is 0.247 e. The molecule has 0 N–H and O–H groups in total. The Bertz CT molecular complexity index is 977. The Morgan fingerprint density at radius 2 is 1.55 bits per heavy atom. The Morgan fingerprint density at radius 3 is 2.45 bits per heavy atom. The van der Waals surface area contributed by atoms with Gasteiger partial charge in [-0.2, -0.15) is 0 Å². The third-order valence-corrected chi connectivity index (χ3v) is 4.21. The molecule has 3 heteroatoms. The summed E-state index contributed by atoms with van der Waals surface area (Å²) in [6, 6.07) is 17.9. The monoisotopic (exact) mass is 297 g/mol. The van der Waals surface area contributed by atoms with Crippen molar-refractivity contribution < 1.29 is 0 Å². The molecule has 0 saturated carbocycles. The van der Waals surface area contributed by atoms with E-state index in [0.717, 1.165) is 37.6 Å². The van der Waals surface area contributed by atoms with Gasteiger partial charge >= 0.3 is 0 Å². The van der Waals surface area contributed by atoms with E-state index in [-0.39, 0.29) is 0 Å². The summed E-state index contributed by atoms with van der Waals surface area (Å²) < 4.78 is 0. The first kappa shape index (κ1) is 12.0. The highest BCUT2D eigenvalue weighted by Crippen LogP contribution is 2.34. The molecule has 0 radical (unpaired) electrons. The van der Waals surface area contributed by atoms with Gasteiger partial charge in [-0.15, -0.1) is 0 Å². The summed E-state index contributed by atoms with van der Waals surface area (Å²) >= 11 is 12.6. The molecular formula is C17H9Cl2N. The zero-order valence-electron chi connectivity index (χ0n) is 10.4. The zero-order valence-corrected chi connectivity index (χ0v) is 11.9. The molecule has 0 fully saturated rings. The molecule has 0 aliphatic carbocycles. The molecule has 20 heavy (non-hydrogen) atoms. The minimum absolute atomic E-state index is 0.667. The summed E-state index contributed by atoms with van der Waals surface area (Å²) in [5, 5.41) is 5.56. The quantitative estimate of drug-likeness (QED) is 0.293. The Labute approximate surface area is 125 Å². The summed E-state index contributed by atoms with van der Waals surface area (Å²) in [7, 11) is 0. The van der Waals surface area contributed by atoms with Crippen LogP contribution in [0.2, 0.25) is 10.0 Å². The van der Waals surface area contributed by atoms with E-state index in [1.165, 1.54) is 0 Å². The van der Waals surface area contributed by atoms with Crippen molar-refractivity contribution in [2.45, 2.75) is 0 Å². The zero-order chi connectivity index (χ0) is 13.7. The van der Waals surface area contributed by atoms with Crippen LogP contribution in [0.1, 0.15) is 0 Å². The van der Waals surface area contributed by atoms with Crippen LogP contribution in [-0.4, -0.2) is 4.98 Å². The van der Waals surface area contributed by atoms with Crippen LogP contribution in [-0.2, 0) is 0 Å². The molecule has 1 heterocycles. The first-order valence-corrected chi connectivity index (χ1v) is 7.06.